The monoisotopic (exact) mass is 366 g/mol. The second-order valence-electron chi connectivity index (χ2n) is 4.46. The first-order valence-electron chi connectivity index (χ1n) is 6.76. The number of nitrogens with zero attached hydrogens (tertiary/aromatic N) is 4. The molecule has 3 rings (SSSR count). The van der Waals surface area contributed by atoms with Crippen LogP contribution in [0, 0.1) is 0 Å². The first-order chi connectivity index (χ1) is 11.2. The van der Waals surface area contributed by atoms with E-state index >= 15 is 0 Å². The van der Waals surface area contributed by atoms with Gasteiger partial charge in [-0.2, -0.15) is 0 Å². The van der Waals surface area contributed by atoms with E-state index in [0.717, 1.165) is 15.8 Å². The molecule has 0 spiro atoms. The molecule has 0 unspecified atom stereocenters. The third-order valence-corrected chi connectivity index (χ3v) is 4.21. The summed E-state index contributed by atoms with van der Waals surface area (Å²) in [5.41, 5.74) is 0.813. The highest BCUT2D eigenvalue weighted by Crippen LogP contribution is 2.24. The molecule has 0 saturated carbocycles. The van der Waals surface area contributed by atoms with E-state index in [1.165, 1.54) is 11.3 Å². The third kappa shape index (κ3) is 4.28. The molecule has 0 atom stereocenters. The average molecular weight is 367 g/mol. The lowest BCUT2D eigenvalue weighted by molar-refractivity contribution is 1.02. The van der Waals surface area contributed by atoms with E-state index in [9.17, 15) is 0 Å². The van der Waals surface area contributed by atoms with Crippen molar-refractivity contribution in [3.63, 3.8) is 0 Å². The van der Waals surface area contributed by atoms with Gasteiger partial charge in [0.1, 0.15) is 11.5 Å². The summed E-state index contributed by atoms with van der Waals surface area (Å²) >= 11 is 13.3. The summed E-state index contributed by atoms with van der Waals surface area (Å²) in [5, 5.41) is 17.1. The number of hydrogen-bond donors (Lipinski definition) is 2. The third-order valence-electron chi connectivity index (χ3n) is 2.81. The zero-order valence-electron chi connectivity index (χ0n) is 11.8. The lowest BCUT2D eigenvalue weighted by Crippen LogP contribution is -2.14. The smallest absolute Gasteiger partial charge is 0.206 e. The van der Waals surface area contributed by atoms with Crippen LogP contribution in [0.1, 0.15) is 0 Å². The van der Waals surface area contributed by atoms with Crippen LogP contribution in [0.5, 0.6) is 0 Å². The van der Waals surface area contributed by atoms with E-state index in [1.807, 2.05) is 18.2 Å². The van der Waals surface area contributed by atoms with Crippen LogP contribution in [0.2, 0.25) is 10.0 Å². The van der Waals surface area contributed by atoms with Gasteiger partial charge >= 0.3 is 0 Å². The van der Waals surface area contributed by atoms with Crippen LogP contribution in [-0.2, 0) is 0 Å². The summed E-state index contributed by atoms with van der Waals surface area (Å²) in [5.74, 6) is 0.601. The van der Waals surface area contributed by atoms with Crippen LogP contribution in [0.4, 0.5) is 10.9 Å². The van der Waals surface area contributed by atoms with Gasteiger partial charge in [0, 0.05) is 25.5 Å². The Balaban J connectivity index is 1.50. The molecule has 0 saturated heterocycles. The fourth-order valence-corrected chi connectivity index (χ4v) is 2.98. The van der Waals surface area contributed by atoms with Gasteiger partial charge in [-0.15, -0.1) is 10.2 Å². The number of rotatable bonds is 6. The van der Waals surface area contributed by atoms with Gasteiger partial charge in [0.25, 0.3) is 0 Å². The van der Waals surface area contributed by atoms with Crippen molar-refractivity contribution >= 4 is 45.5 Å². The zero-order chi connectivity index (χ0) is 16.1. The molecule has 3 aromatic heterocycles. The predicted molar refractivity (Wildman–Crippen MR) is 94.4 cm³/mol. The van der Waals surface area contributed by atoms with E-state index in [-0.39, 0.29) is 0 Å². The summed E-state index contributed by atoms with van der Waals surface area (Å²) in [6.07, 6.45) is 3.28. The zero-order valence-corrected chi connectivity index (χ0v) is 14.2. The maximum atomic E-state index is 6.04. The number of hydrogen-bond acceptors (Lipinski definition) is 7. The molecule has 0 aliphatic heterocycles. The predicted octanol–water partition coefficient (Wildman–Crippen LogP) is 3.83. The summed E-state index contributed by atoms with van der Waals surface area (Å²) in [7, 11) is 0. The van der Waals surface area contributed by atoms with E-state index in [0.29, 0.717) is 29.0 Å². The first-order valence-corrected chi connectivity index (χ1v) is 8.33. The molecule has 0 bridgehead atoms. The van der Waals surface area contributed by atoms with Crippen LogP contribution < -0.4 is 10.6 Å². The van der Waals surface area contributed by atoms with Gasteiger partial charge in [0.05, 0.1) is 10.0 Å². The molecular formula is C14H12Cl2N6S. The standard InChI is InChI=1S/C14H12Cl2N6S/c15-9-7-10(16)12(20-8-9)18-5-6-19-14-22-21-13(23-14)11-3-1-2-4-17-11/h1-4,7-8H,5-6H2,(H,18,20)(H,19,22). The van der Waals surface area contributed by atoms with Crippen LogP contribution in [-0.4, -0.2) is 33.3 Å². The number of anilines is 2. The quantitative estimate of drug-likeness (QED) is 0.645. The molecule has 3 heterocycles. The minimum Gasteiger partial charge on any atom is -0.367 e. The van der Waals surface area contributed by atoms with Gasteiger partial charge < -0.3 is 10.6 Å². The van der Waals surface area contributed by atoms with Crippen LogP contribution in [0.3, 0.4) is 0 Å². The lowest BCUT2D eigenvalue weighted by Gasteiger charge is -2.07. The second-order valence-corrected chi connectivity index (χ2v) is 6.29. The minimum atomic E-state index is 0.492. The van der Waals surface area contributed by atoms with E-state index in [2.05, 4.69) is 30.8 Å². The Morgan fingerprint density at radius 3 is 2.70 bits per heavy atom. The van der Waals surface area contributed by atoms with Gasteiger partial charge in [0.15, 0.2) is 5.01 Å². The van der Waals surface area contributed by atoms with Crippen molar-refractivity contribution in [1.29, 1.82) is 0 Å². The molecule has 6 nitrogen and oxygen atoms in total. The molecule has 2 N–H and O–H groups in total. The van der Waals surface area contributed by atoms with Crippen LogP contribution in [0.15, 0.2) is 36.7 Å². The topological polar surface area (TPSA) is 75.6 Å². The van der Waals surface area contributed by atoms with Crippen molar-refractivity contribution in [1.82, 2.24) is 20.2 Å². The molecule has 9 heteroatoms. The van der Waals surface area contributed by atoms with Crippen molar-refractivity contribution in [2.24, 2.45) is 0 Å². The van der Waals surface area contributed by atoms with E-state index < -0.39 is 0 Å². The first kappa shape index (κ1) is 15.9. The lowest BCUT2D eigenvalue weighted by atomic mass is 10.4. The molecule has 0 amide bonds. The Morgan fingerprint density at radius 1 is 1.04 bits per heavy atom. The van der Waals surface area contributed by atoms with E-state index in [1.54, 1.807) is 18.5 Å². The Labute approximate surface area is 146 Å². The van der Waals surface area contributed by atoms with Gasteiger partial charge in [-0.3, -0.25) is 4.98 Å². The van der Waals surface area contributed by atoms with Gasteiger partial charge in [-0.25, -0.2) is 4.98 Å². The van der Waals surface area contributed by atoms with E-state index in [4.69, 9.17) is 23.2 Å². The van der Waals surface area contributed by atoms with Crippen LogP contribution >= 0.6 is 34.5 Å². The number of halogens is 2. The second kappa shape index (κ2) is 7.54. The highest BCUT2D eigenvalue weighted by Gasteiger charge is 2.07. The van der Waals surface area contributed by atoms with Crippen molar-refractivity contribution in [2.45, 2.75) is 0 Å². The number of nitrogens with one attached hydrogen (secondary N) is 2. The molecule has 0 aliphatic rings. The molecule has 0 radical (unpaired) electrons. The average Bonchev–Trinajstić information content (AvgIpc) is 3.03. The van der Waals surface area contributed by atoms with Gasteiger partial charge in [-0.05, 0) is 18.2 Å². The molecular weight excluding hydrogens is 355 g/mol. The summed E-state index contributed by atoms with van der Waals surface area (Å²) in [4.78, 5) is 8.38. The highest BCUT2D eigenvalue weighted by molar-refractivity contribution is 7.18. The number of aromatic nitrogens is 4. The van der Waals surface area contributed by atoms with Crippen molar-refractivity contribution in [3.05, 3.63) is 46.7 Å². The fraction of sp³-hybridized carbons (Fsp3) is 0.143. The van der Waals surface area contributed by atoms with Gasteiger partial charge in [-0.1, -0.05) is 40.6 Å². The largest absolute Gasteiger partial charge is 0.367 e. The Morgan fingerprint density at radius 2 is 1.91 bits per heavy atom. The maximum Gasteiger partial charge on any atom is 0.206 e. The summed E-state index contributed by atoms with van der Waals surface area (Å²) in [6.45, 7) is 1.28. The summed E-state index contributed by atoms with van der Waals surface area (Å²) in [6, 6.07) is 7.34. The highest BCUT2D eigenvalue weighted by atomic mass is 35.5. The SMILES string of the molecule is Clc1cnc(NCCNc2nnc(-c3ccccn3)s2)c(Cl)c1. The normalized spacial score (nSPS) is 10.5. The Kier molecular flexibility index (Phi) is 5.22. The van der Waals surface area contributed by atoms with Gasteiger partial charge in [0.2, 0.25) is 5.13 Å². The molecule has 23 heavy (non-hydrogen) atoms. The summed E-state index contributed by atoms with van der Waals surface area (Å²) < 4.78 is 0. The Hall–Kier alpha value is -1.96. The van der Waals surface area contributed by atoms with Crippen molar-refractivity contribution in [3.8, 4) is 10.7 Å². The van der Waals surface area contributed by atoms with Crippen molar-refractivity contribution in [2.75, 3.05) is 23.7 Å². The molecule has 118 valence electrons. The maximum absolute atomic E-state index is 6.04. The molecule has 3 aromatic rings. The number of pyridine rings is 2. The Bertz CT molecular complexity index is 780. The minimum absolute atomic E-state index is 0.492. The van der Waals surface area contributed by atoms with Crippen LogP contribution in [0.25, 0.3) is 10.7 Å². The molecule has 0 aromatic carbocycles. The fourth-order valence-electron chi connectivity index (χ4n) is 1.78. The van der Waals surface area contributed by atoms with Crippen molar-refractivity contribution < 1.29 is 0 Å². The molecule has 0 fully saturated rings. The molecule has 0 aliphatic carbocycles.